The number of aldehydes is 1. The fraction of sp³-hybridized carbons (Fsp3) is 0.476. The number of carbonyl (C=O) groups excluding carboxylic acids is 4. The number of quaternary nitrogens is 1. The third-order valence-corrected chi connectivity index (χ3v) is 6.04. The summed E-state index contributed by atoms with van der Waals surface area (Å²) >= 11 is 0. The van der Waals surface area contributed by atoms with Crippen molar-refractivity contribution in [2.75, 3.05) is 31.8 Å². The van der Waals surface area contributed by atoms with Crippen LogP contribution in [0.3, 0.4) is 0 Å². The molecule has 190 valence electrons. The molecule has 2 heterocycles. The second-order valence-corrected chi connectivity index (χ2v) is 8.32. The van der Waals surface area contributed by atoms with E-state index in [0.29, 0.717) is 12.0 Å². The van der Waals surface area contributed by atoms with Gasteiger partial charge in [-0.15, -0.1) is 0 Å². The number of hydroxylamine groups is 2. The Bertz CT molecular complexity index is 1010. The standard InChI is InChI=1S/C21H28N6O8/c1-35-16-4-2-3-15(8-16)26(21(22)33)17-5-6-18(29)25-12-23-9-13(10-27(17,25)34)20(32)24-14(11-28)7-19(30)31/h2-4,8,11,13-14,17,23H,5-7,9-10,12H2,1H3,(H2,22,33)(H,24,32)(H,30,31). The smallest absolute Gasteiger partial charge is 0.323 e. The van der Waals surface area contributed by atoms with Gasteiger partial charge in [-0.25, -0.2) is 14.4 Å². The number of nitrogens with two attached hydrogens (primary N) is 1. The topological polar surface area (TPSA) is 194 Å². The number of carboxylic acid groups (broad SMARTS) is 1. The third-order valence-electron chi connectivity index (χ3n) is 6.04. The molecule has 4 unspecified atom stereocenters. The monoisotopic (exact) mass is 492 g/mol. The number of fused-ring (bicyclic) bond motifs is 1. The lowest BCUT2D eigenvalue weighted by atomic mass is 10.0. The fourth-order valence-corrected chi connectivity index (χ4v) is 4.40. The number of rotatable bonds is 8. The van der Waals surface area contributed by atoms with Gasteiger partial charge in [0.25, 0.3) is 5.91 Å². The summed E-state index contributed by atoms with van der Waals surface area (Å²) in [7, 11) is 1.44. The van der Waals surface area contributed by atoms with Crippen LogP contribution in [0.1, 0.15) is 19.3 Å². The number of carbonyl (C=O) groups is 5. The molecule has 4 atom stereocenters. The molecule has 3 rings (SSSR count). The van der Waals surface area contributed by atoms with E-state index in [0.717, 1.165) is 9.91 Å². The zero-order valence-corrected chi connectivity index (χ0v) is 19.1. The van der Waals surface area contributed by atoms with Gasteiger partial charge in [0.1, 0.15) is 31.2 Å². The number of amides is 4. The SMILES string of the molecule is COc1cccc(N(C(N)=O)C2CCC(=O)N3CNCC(C(=O)NC(C=O)CC(=O)O)C[N+]23[O-])c1. The van der Waals surface area contributed by atoms with E-state index >= 15 is 0 Å². The van der Waals surface area contributed by atoms with E-state index in [1.54, 1.807) is 18.2 Å². The van der Waals surface area contributed by atoms with Crippen molar-refractivity contribution in [2.45, 2.75) is 31.5 Å². The Morgan fingerprint density at radius 2 is 2.20 bits per heavy atom. The van der Waals surface area contributed by atoms with Crippen LogP contribution in [0.25, 0.3) is 0 Å². The maximum absolute atomic E-state index is 14.4. The number of benzene rings is 1. The summed E-state index contributed by atoms with van der Waals surface area (Å²) in [6.07, 6.45) is -1.53. The summed E-state index contributed by atoms with van der Waals surface area (Å²) in [5, 5.41) is 29.5. The molecule has 2 saturated heterocycles. The minimum Gasteiger partial charge on any atom is -0.604 e. The number of carboxylic acids is 1. The van der Waals surface area contributed by atoms with E-state index in [9.17, 15) is 29.2 Å². The summed E-state index contributed by atoms with van der Waals surface area (Å²) in [5.74, 6) is -3.09. The van der Waals surface area contributed by atoms with Crippen molar-refractivity contribution in [3.8, 4) is 5.75 Å². The van der Waals surface area contributed by atoms with Crippen molar-refractivity contribution in [1.29, 1.82) is 0 Å². The molecule has 0 spiro atoms. The van der Waals surface area contributed by atoms with Crippen LogP contribution >= 0.6 is 0 Å². The molecule has 4 amide bonds. The highest BCUT2D eigenvalue weighted by atomic mass is 16.6. The summed E-state index contributed by atoms with van der Waals surface area (Å²) in [6, 6.07) is 4.16. The molecule has 0 aromatic heterocycles. The zero-order valence-electron chi connectivity index (χ0n) is 19.1. The number of primary amides is 1. The number of methoxy groups -OCH3 is 1. The lowest BCUT2D eigenvalue weighted by molar-refractivity contribution is -1.00. The Morgan fingerprint density at radius 3 is 2.83 bits per heavy atom. The number of hydrogen-bond donors (Lipinski definition) is 4. The van der Waals surface area contributed by atoms with E-state index in [-0.39, 0.29) is 31.7 Å². The van der Waals surface area contributed by atoms with Gasteiger partial charge in [0.05, 0.1) is 25.3 Å². The number of aliphatic carboxylic acids is 1. The van der Waals surface area contributed by atoms with Crippen LogP contribution in [0.15, 0.2) is 24.3 Å². The number of ether oxygens (including phenoxy) is 1. The highest BCUT2D eigenvalue weighted by Crippen LogP contribution is 2.35. The quantitative estimate of drug-likeness (QED) is 0.202. The predicted octanol–water partition coefficient (Wildman–Crippen LogP) is -0.906. The third kappa shape index (κ3) is 5.50. The molecular formula is C21H28N6O8. The Morgan fingerprint density at radius 1 is 1.46 bits per heavy atom. The number of hydrogen-bond acceptors (Lipinski definition) is 8. The fourth-order valence-electron chi connectivity index (χ4n) is 4.40. The van der Waals surface area contributed by atoms with Crippen molar-refractivity contribution in [2.24, 2.45) is 11.7 Å². The maximum atomic E-state index is 14.4. The summed E-state index contributed by atoms with van der Waals surface area (Å²) in [5.41, 5.74) is 5.96. The first-order valence-corrected chi connectivity index (χ1v) is 10.9. The van der Waals surface area contributed by atoms with Crippen molar-refractivity contribution in [1.82, 2.24) is 15.6 Å². The average molecular weight is 492 g/mol. The number of anilines is 1. The number of nitrogens with one attached hydrogen (secondary N) is 2. The van der Waals surface area contributed by atoms with Gasteiger partial charge < -0.3 is 30.9 Å². The molecule has 2 fully saturated rings. The second-order valence-electron chi connectivity index (χ2n) is 8.32. The van der Waals surface area contributed by atoms with E-state index < -0.39 is 59.7 Å². The Balaban J connectivity index is 1.95. The van der Waals surface area contributed by atoms with Gasteiger partial charge in [0, 0.05) is 25.5 Å². The van der Waals surface area contributed by atoms with E-state index in [2.05, 4.69) is 10.6 Å². The van der Waals surface area contributed by atoms with Crippen LogP contribution < -0.4 is 26.0 Å². The van der Waals surface area contributed by atoms with Gasteiger partial charge in [-0.2, -0.15) is 5.01 Å². The van der Waals surface area contributed by atoms with Crippen LogP contribution in [0.5, 0.6) is 5.75 Å². The molecule has 0 aliphatic carbocycles. The molecule has 5 N–H and O–H groups in total. The van der Waals surface area contributed by atoms with Gasteiger partial charge in [0.2, 0.25) is 5.91 Å². The van der Waals surface area contributed by atoms with Crippen LogP contribution in [-0.4, -0.2) is 84.0 Å². The van der Waals surface area contributed by atoms with Crippen LogP contribution in [0.4, 0.5) is 10.5 Å². The van der Waals surface area contributed by atoms with Crippen LogP contribution in [0.2, 0.25) is 0 Å². The second kappa shape index (κ2) is 10.7. The molecule has 0 radical (unpaired) electrons. The summed E-state index contributed by atoms with van der Waals surface area (Å²) < 4.78 is 3.84. The van der Waals surface area contributed by atoms with Gasteiger partial charge >= 0.3 is 12.0 Å². The summed E-state index contributed by atoms with van der Waals surface area (Å²) in [6.45, 7) is -0.653. The van der Waals surface area contributed by atoms with Crippen molar-refractivity contribution < 1.29 is 38.6 Å². The molecule has 1 aromatic carbocycles. The number of urea groups is 1. The Hall–Kier alpha value is -3.75. The molecule has 0 saturated carbocycles. The van der Waals surface area contributed by atoms with Crippen molar-refractivity contribution >= 4 is 35.8 Å². The molecule has 14 heteroatoms. The van der Waals surface area contributed by atoms with Crippen molar-refractivity contribution in [3.05, 3.63) is 29.5 Å². The van der Waals surface area contributed by atoms with E-state index in [1.807, 2.05) is 0 Å². The van der Waals surface area contributed by atoms with E-state index in [1.165, 1.54) is 13.2 Å². The predicted molar refractivity (Wildman–Crippen MR) is 120 cm³/mol. The molecular weight excluding hydrogens is 464 g/mol. The lowest BCUT2D eigenvalue weighted by Gasteiger charge is -2.57. The van der Waals surface area contributed by atoms with Crippen molar-refractivity contribution in [3.63, 3.8) is 0 Å². The van der Waals surface area contributed by atoms with E-state index in [4.69, 9.17) is 15.6 Å². The van der Waals surface area contributed by atoms with Gasteiger partial charge in [-0.05, 0) is 12.1 Å². The molecule has 2 aliphatic rings. The molecule has 2 aliphatic heterocycles. The average Bonchev–Trinajstić information content (AvgIpc) is 3.00. The molecule has 1 aromatic rings. The minimum atomic E-state index is -1.37. The maximum Gasteiger partial charge on any atom is 0.323 e. The van der Waals surface area contributed by atoms with Gasteiger partial charge in [-0.3, -0.25) is 19.7 Å². The first-order chi connectivity index (χ1) is 16.6. The number of nitrogens with zero attached hydrogens (tertiary/aromatic N) is 3. The molecule has 0 bridgehead atoms. The first-order valence-electron chi connectivity index (χ1n) is 10.9. The largest absolute Gasteiger partial charge is 0.604 e. The lowest BCUT2D eigenvalue weighted by Crippen LogP contribution is -2.73. The Kier molecular flexibility index (Phi) is 7.89. The Labute approximate surface area is 200 Å². The zero-order chi connectivity index (χ0) is 25.8. The molecule has 35 heavy (non-hydrogen) atoms. The summed E-state index contributed by atoms with van der Waals surface area (Å²) in [4.78, 5) is 61.4. The highest BCUT2D eigenvalue weighted by Gasteiger charge is 2.51. The van der Waals surface area contributed by atoms with Gasteiger partial charge in [-0.1, -0.05) is 6.07 Å². The van der Waals surface area contributed by atoms with Crippen LogP contribution in [0, 0.1) is 11.1 Å². The van der Waals surface area contributed by atoms with Crippen LogP contribution in [-0.2, 0) is 19.2 Å². The molecule has 14 nitrogen and oxygen atoms in total. The highest BCUT2D eigenvalue weighted by molar-refractivity contribution is 5.91. The first kappa shape index (κ1) is 25.9. The normalized spacial score (nSPS) is 25.0. The minimum absolute atomic E-state index is 0.0106. The van der Waals surface area contributed by atoms with Gasteiger partial charge in [0.15, 0.2) is 6.17 Å².